The molecule has 4 N–H and O–H groups in total. The molecule has 17 heteroatoms. The Bertz CT molecular complexity index is 2590. The van der Waals surface area contributed by atoms with Crippen molar-refractivity contribution in [3.8, 4) is 28.1 Å². The van der Waals surface area contributed by atoms with Gasteiger partial charge >= 0.3 is 12.0 Å². The molecule has 4 aliphatic heterocycles. The second kappa shape index (κ2) is 20.5. The van der Waals surface area contributed by atoms with Crippen LogP contribution in [0.1, 0.15) is 83.7 Å². The Morgan fingerprint density at radius 3 is 2.48 bits per heavy atom. The van der Waals surface area contributed by atoms with Gasteiger partial charge in [-0.1, -0.05) is 39.8 Å². The van der Waals surface area contributed by atoms with Gasteiger partial charge in [-0.3, -0.25) is 29.2 Å². The van der Waals surface area contributed by atoms with Crippen molar-refractivity contribution in [2.75, 3.05) is 60.0 Å². The standard InChI is InChI=1S/C52H69N9O8/c1-9-60-43-16-15-34-27-38(43)39(46(60)37-13-10-17-53-44(37)32(4)68-8)28-52(5,6)30-69-50(66)40-14-11-20-61(56-40)49(65)41(25-33-23-35(34)26-36(62)24-33)55-47(63)45(31(2)3)57(7)51(67)59-19-12-18-58(21-22-59)48(64)42-29-54-42/h10,13,15-17,23-24,26-27,31-32,40-42,45,54,56,62H,9,11-12,14,18-22,25,28-30H2,1-8H3,(H,55,63)/t32-,40-,41-,42+,45-/m0/s1. The summed E-state index contributed by atoms with van der Waals surface area (Å²) in [7, 11) is 3.27. The molecule has 4 aliphatic rings. The summed E-state index contributed by atoms with van der Waals surface area (Å²) >= 11 is 0. The third-order valence-electron chi connectivity index (χ3n) is 14.1. The molecule has 2 aromatic heterocycles. The molecule has 8 rings (SSSR count). The van der Waals surface area contributed by atoms with Gasteiger partial charge in [-0.25, -0.2) is 10.2 Å². The number of aromatic nitrogens is 2. The lowest BCUT2D eigenvalue weighted by Gasteiger charge is -2.37. The first kappa shape index (κ1) is 49.4. The first-order valence-corrected chi connectivity index (χ1v) is 24.5. The molecule has 3 saturated heterocycles. The van der Waals surface area contributed by atoms with Crippen LogP contribution in [-0.4, -0.2) is 148 Å². The lowest BCUT2D eigenvalue weighted by atomic mass is 9.84. The maximum Gasteiger partial charge on any atom is 0.324 e. The highest BCUT2D eigenvalue weighted by molar-refractivity contribution is 5.96. The first-order valence-electron chi connectivity index (χ1n) is 24.5. The van der Waals surface area contributed by atoms with Crippen LogP contribution in [0.15, 0.2) is 54.7 Å². The number of nitrogens with one attached hydrogen (secondary N) is 3. The second-order valence-electron chi connectivity index (χ2n) is 20.2. The number of hydrazine groups is 1. The van der Waals surface area contributed by atoms with Crippen LogP contribution >= 0.6 is 0 Å². The Morgan fingerprint density at radius 1 is 1.00 bits per heavy atom. The predicted molar refractivity (Wildman–Crippen MR) is 262 cm³/mol. The summed E-state index contributed by atoms with van der Waals surface area (Å²) in [6.07, 6.45) is 3.59. The Hall–Kier alpha value is -6.04. The molecule has 2 aromatic carbocycles. The van der Waals surface area contributed by atoms with Gasteiger partial charge in [0.15, 0.2) is 0 Å². The average molecular weight is 948 g/mol. The lowest BCUT2D eigenvalue weighted by molar-refractivity contribution is -0.155. The molecule has 4 aromatic rings. The first-order chi connectivity index (χ1) is 33.0. The summed E-state index contributed by atoms with van der Waals surface area (Å²) < 4.78 is 14.2. The number of hydrogen-bond donors (Lipinski definition) is 4. The van der Waals surface area contributed by atoms with E-state index in [1.807, 2.05) is 39.0 Å². The van der Waals surface area contributed by atoms with Gasteiger partial charge in [0.2, 0.25) is 11.8 Å². The largest absolute Gasteiger partial charge is 0.508 e. The average Bonchev–Trinajstić information content (AvgIpc) is 4.18. The number of hydrogen-bond acceptors (Lipinski definition) is 11. The molecule has 370 valence electrons. The molecule has 0 saturated carbocycles. The minimum absolute atomic E-state index is 0.00685. The van der Waals surface area contributed by atoms with Crippen molar-refractivity contribution in [2.24, 2.45) is 11.3 Å². The van der Waals surface area contributed by atoms with E-state index in [0.29, 0.717) is 70.5 Å². The predicted octanol–water partition coefficient (Wildman–Crippen LogP) is 5.03. The number of phenolic OH excluding ortho intramolecular Hbond substituents is 1. The van der Waals surface area contributed by atoms with Gasteiger partial charge in [-0.05, 0) is 104 Å². The molecule has 0 unspecified atom stereocenters. The Balaban J connectivity index is 1.16. The van der Waals surface area contributed by atoms with E-state index in [2.05, 4.69) is 59.6 Å². The van der Waals surface area contributed by atoms with Crippen LogP contribution in [-0.2, 0) is 48.0 Å². The van der Waals surface area contributed by atoms with Crippen molar-refractivity contribution >= 4 is 40.6 Å². The molecular formula is C52H69N9O8. The number of benzene rings is 2. The van der Waals surface area contributed by atoms with Crippen molar-refractivity contribution in [3.05, 3.63) is 71.5 Å². The van der Waals surface area contributed by atoms with E-state index in [1.165, 1.54) is 9.91 Å². The molecule has 17 nitrogen and oxygen atoms in total. The van der Waals surface area contributed by atoms with Crippen molar-refractivity contribution in [2.45, 2.75) is 110 Å². The summed E-state index contributed by atoms with van der Waals surface area (Å²) in [6.45, 7) is 15.4. The van der Waals surface area contributed by atoms with Gasteiger partial charge in [0.1, 0.15) is 23.9 Å². The monoisotopic (exact) mass is 948 g/mol. The Labute approximate surface area is 404 Å². The zero-order valence-corrected chi connectivity index (χ0v) is 41.3. The normalized spacial score (nSPS) is 21.8. The van der Waals surface area contributed by atoms with Gasteiger partial charge in [0.25, 0.3) is 5.91 Å². The summed E-state index contributed by atoms with van der Waals surface area (Å²) in [6, 6.07) is 12.1. The smallest absolute Gasteiger partial charge is 0.324 e. The summed E-state index contributed by atoms with van der Waals surface area (Å²) in [5.74, 6) is -1.78. The zero-order chi connectivity index (χ0) is 49.3. The van der Waals surface area contributed by atoms with Crippen LogP contribution in [0, 0.1) is 11.3 Å². The van der Waals surface area contributed by atoms with Crippen LogP contribution in [0.3, 0.4) is 0 Å². The fraction of sp³-hybridized carbons (Fsp3) is 0.538. The quantitative estimate of drug-likeness (QED) is 0.130. The van der Waals surface area contributed by atoms with Crippen LogP contribution in [0.4, 0.5) is 4.79 Å². The van der Waals surface area contributed by atoms with Crippen LogP contribution in [0.25, 0.3) is 33.3 Å². The fourth-order valence-electron chi connectivity index (χ4n) is 10.4. The van der Waals surface area contributed by atoms with Crippen LogP contribution < -0.4 is 16.1 Å². The number of carbonyl (C=O) groups is 5. The molecular weight excluding hydrogens is 879 g/mol. The minimum atomic E-state index is -1.16. The maximum absolute atomic E-state index is 14.8. The molecule has 5 amide bonds. The van der Waals surface area contributed by atoms with E-state index in [0.717, 1.165) is 44.5 Å². The Morgan fingerprint density at radius 2 is 1.75 bits per heavy atom. The van der Waals surface area contributed by atoms with Crippen LogP contribution in [0.2, 0.25) is 0 Å². The number of carbonyl (C=O) groups excluding carboxylic acids is 5. The number of cyclic esters (lactones) is 1. The molecule has 3 fully saturated rings. The van der Waals surface area contributed by atoms with Gasteiger partial charge < -0.3 is 44.5 Å². The number of phenols is 1. The van der Waals surface area contributed by atoms with E-state index < -0.39 is 41.3 Å². The molecule has 6 heterocycles. The number of rotatable bonds is 9. The number of ether oxygens (including phenoxy) is 2. The second-order valence-corrected chi connectivity index (χ2v) is 20.2. The van der Waals surface area contributed by atoms with Crippen LogP contribution in [0.5, 0.6) is 5.75 Å². The third-order valence-corrected chi connectivity index (χ3v) is 14.1. The van der Waals surface area contributed by atoms with E-state index in [-0.39, 0.29) is 55.3 Å². The Kier molecular flexibility index (Phi) is 14.7. The third kappa shape index (κ3) is 10.6. The summed E-state index contributed by atoms with van der Waals surface area (Å²) in [5, 5.41) is 19.9. The zero-order valence-electron chi connectivity index (χ0n) is 41.3. The van der Waals surface area contributed by atoms with Crippen molar-refractivity contribution in [1.82, 2.24) is 45.3 Å². The number of nitrogens with zero attached hydrogens (tertiary/aromatic N) is 6. The molecule has 5 atom stereocenters. The van der Waals surface area contributed by atoms with Crippen molar-refractivity contribution in [1.29, 1.82) is 0 Å². The van der Waals surface area contributed by atoms with Crippen molar-refractivity contribution < 1.29 is 38.6 Å². The molecule has 0 spiro atoms. The number of aryl methyl sites for hydroxylation is 1. The highest BCUT2D eigenvalue weighted by Crippen LogP contribution is 2.42. The highest BCUT2D eigenvalue weighted by Gasteiger charge is 2.40. The van der Waals surface area contributed by atoms with E-state index in [1.54, 1.807) is 42.3 Å². The fourth-order valence-corrected chi connectivity index (χ4v) is 10.4. The number of aromatic hydroxyl groups is 1. The minimum Gasteiger partial charge on any atom is -0.508 e. The van der Waals surface area contributed by atoms with Crippen molar-refractivity contribution in [3.63, 3.8) is 0 Å². The SMILES string of the molecule is CCn1c(-c2cccnc2[C@H](C)OC)c2c3cc(ccc31)-c1cc(O)cc(c1)C[C@H](NC(=O)[C@H](C(C)C)N(C)C(=O)N1CCCN(C(=O)[C@H]3CN3)CC1)C(=O)N1CCC[C@H](N1)C(=O)OCC(C)(C)C2. The number of likely N-dealkylation sites (N-methyl/N-ethyl adjacent to an activating group) is 1. The molecule has 69 heavy (non-hydrogen) atoms. The highest BCUT2D eigenvalue weighted by atomic mass is 16.5. The van der Waals surface area contributed by atoms with Gasteiger partial charge in [-0.15, -0.1) is 0 Å². The molecule has 6 bridgehead atoms. The molecule has 0 aliphatic carbocycles. The number of methoxy groups -OCH3 is 1. The number of fused-ring (bicyclic) bond motifs is 6. The summed E-state index contributed by atoms with van der Waals surface area (Å²) in [4.78, 5) is 80.1. The van der Waals surface area contributed by atoms with Gasteiger partial charge in [0, 0.05) is 94.5 Å². The van der Waals surface area contributed by atoms with Gasteiger partial charge in [0.05, 0.1) is 30.1 Å². The topological polar surface area (TPSA) is 201 Å². The van der Waals surface area contributed by atoms with E-state index in [9.17, 15) is 29.1 Å². The number of urea groups is 1. The maximum atomic E-state index is 14.8. The van der Waals surface area contributed by atoms with Gasteiger partial charge in [-0.2, -0.15) is 0 Å². The van der Waals surface area contributed by atoms with E-state index in [4.69, 9.17) is 14.5 Å². The number of esters is 1. The number of amides is 5. The number of pyridine rings is 1. The summed E-state index contributed by atoms with van der Waals surface area (Å²) in [5.41, 5.74) is 9.57. The van der Waals surface area contributed by atoms with E-state index >= 15 is 0 Å². The molecule has 0 radical (unpaired) electrons. The lowest BCUT2D eigenvalue weighted by Crippen LogP contribution is -2.62.